The second kappa shape index (κ2) is 4.79. The largest absolute Gasteiger partial charge is 0.444 e. The maximum atomic E-state index is 12.0. The molecule has 1 aromatic heterocycles. The molecule has 0 N–H and O–H groups in total. The molecular formula is C15H23N3O2. The molecule has 110 valence electrons. The van der Waals surface area contributed by atoms with Crippen molar-refractivity contribution in [3.63, 3.8) is 0 Å². The molecule has 5 heteroatoms. The molecule has 1 aromatic rings. The zero-order valence-corrected chi connectivity index (χ0v) is 12.6. The van der Waals surface area contributed by atoms with Crippen LogP contribution in [0.5, 0.6) is 0 Å². The van der Waals surface area contributed by atoms with Gasteiger partial charge in [0.15, 0.2) is 0 Å². The number of rotatable bonds is 1. The summed E-state index contributed by atoms with van der Waals surface area (Å²) in [6, 6.07) is 0.565. The van der Waals surface area contributed by atoms with Gasteiger partial charge in [-0.3, -0.25) is 9.58 Å². The fourth-order valence-electron chi connectivity index (χ4n) is 2.99. The molecule has 2 aliphatic rings. The quantitative estimate of drug-likeness (QED) is 0.791. The van der Waals surface area contributed by atoms with Crippen molar-refractivity contribution in [1.82, 2.24) is 14.7 Å². The lowest BCUT2D eigenvalue weighted by atomic mass is 10.2. The molecule has 5 nitrogen and oxygen atoms in total. The van der Waals surface area contributed by atoms with E-state index in [1.807, 2.05) is 20.8 Å². The van der Waals surface area contributed by atoms with Crippen LogP contribution in [0.3, 0.4) is 0 Å². The minimum absolute atomic E-state index is 0.247. The Balaban J connectivity index is 1.65. The molecule has 2 heterocycles. The molecule has 1 fully saturated rings. The number of nitrogens with zero attached hydrogens (tertiary/aromatic N) is 3. The van der Waals surface area contributed by atoms with E-state index in [-0.39, 0.29) is 6.09 Å². The van der Waals surface area contributed by atoms with Gasteiger partial charge in [-0.1, -0.05) is 12.8 Å². The van der Waals surface area contributed by atoms with Gasteiger partial charge in [0.05, 0.1) is 24.8 Å². The van der Waals surface area contributed by atoms with Gasteiger partial charge in [-0.25, -0.2) is 4.79 Å². The van der Waals surface area contributed by atoms with Crippen molar-refractivity contribution in [3.05, 3.63) is 17.5 Å². The smallest absolute Gasteiger partial charge is 0.410 e. The maximum absolute atomic E-state index is 12.0. The minimum atomic E-state index is -0.444. The molecule has 0 bridgehead atoms. The van der Waals surface area contributed by atoms with Gasteiger partial charge in [0.25, 0.3) is 0 Å². The van der Waals surface area contributed by atoms with Crippen LogP contribution in [0.25, 0.3) is 0 Å². The Morgan fingerprint density at radius 1 is 1.30 bits per heavy atom. The van der Waals surface area contributed by atoms with Crippen LogP contribution in [-0.4, -0.2) is 26.4 Å². The first-order valence-electron chi connectivity index (χ1n) is 7.47. The third-order valence-electron chi connectivity index (χ3n) is 3.95. The molecule has 1 saturated carbocycles. The number of amides is 1. The predicted molar refractivity (Wildman–Crippen MR) is 75.2 cm³/mol. The van der Waals surface area contributed by atoms with Crippen LogP contribution in [-0.2, 0) is 17.8 Å². The number of ether oxygens (including phenoxy) is 1. The monoisotopic (exact) mass is 277 g/mol. The van der Waals surface area contributed by atoms with Crippen LogP contribution in [0.15, 0.2) is 6.20 Å². The summed E-state index contributed by atoms with van der Waals surface area (Å²) in [4.78, 5) is 13.8. The summed E-state index contributed by atoms with van der Waals surface area (Å²) in [6.45, 7) is 6.86. The summed E-state index contributed by atoms with van der Waals surface area (Å²) in [5, 5.41) is 4.67. The van der Waals surface area contributed by atoms with Crippen molar-refractivity contribution in [2.45, 2.75) is 71.2 Å². The van der Waals surface area contributed by atoms with E-state index in [4.69, 9.17) is 4.74 Å². The van der Waals surface area contributed by atoms with Crippen molar-refractivity contribution in [3.8, 4) is 0 Å². The van der Waals surface area contributed by atoms with Crippen molar-refractivity contribution in [2.75, 3.05) is 0 Å². The first-order chi connectivity index (χ1) is 9.42. The number of aromatic nitrogens is 2. The summed E-state index contributed by atoms with van der Waals surface area (Å²) in [6.07, 6.45) is 6.95. The second-order valence-electron chi connectivity index (χ2n) is 6.86. The maximum Gasteiger partial charge on any atom is 0.410 e. The molecule has 0 atom stereocenters. The highest BCUT2D eigenvalue weighted by molar-refractivity contribution is 5.69. The first-order valence-corrected chi connectivity index (χ1v) is 7.47. The fourth-order valence-corrected chi connectivity index (χ4v) is 2.99. The Morgan fingerprint density at radius 2 is 2.00 bits per heavy atom. The van der Waals surface area contributed by atoms with E-state index >= 15 is 0 Å². The number of carbonyl (C=O) groups is 1. The lowest BCUT2D eigenvalue weighted by Crippen LogP contribution is -2.33. The molecule has 20 heavy (non-hydrogen) atoms. The first kappa shape index (κ1) is 13.5. The van der Waals surface area contributed by atoms with E-state index in [9.17, 15) is 4.79 Å². The van der Waals surface area contributed by atoms with Crippen molar-refractivity contribution in [2.24, 2.45) is 0 Å². The molecule has 0 spiro atoms. The molecule has 1 aliphatic carbocycles. The molecule has 0 unspecified atom stereocenters. The summed E-state index contributed by atoms with van der Waals surface area (Å²) in [5.74, 6) is 0. The van der Waals surface area contributed by atoms with E-state index in [2.05, 4.69) is 16.0 Å². The van der Waals surface area contributed by atoms with Gasteiger partial charge in [0.1, 0.15) is 5.60 Å². The number of hydrogen-bond donors (Lipinski definition) is 0. The minimum Gasteiger partial charge on any atom is -0.444 e. The van der Waals surface area contributed by atoms with E-state index in [1.165, 1.54) is 31.2 Å². The van der Waals surface area contributed by atoms with E-state index in [0.717, 1.165) is 5.69 Å². The lowest BCUT2D eigenvalue weighted by molar-refractivity contribution is 0.0239. The third-order valence-corrected chi connectivity index (χ3v) is 3.95. The van der Waals surface area contributed by atoms with Crippen LogP contribution in [0.4, 0.5) is 4.79 Å². The average molecular weight is 277 g/mol. The van der Waals surface area contributed by atoms with Gasteiger partial charge in [-0.05, 0) is 33.6 Å². The standard InChI is InChI=1S/C15H23N3O2/c1-15(2,3)20-14(19)17-8-11-9-18(16-13(11)10-17)12-6-4-5-7-12/h9,12H,4-8,10H2,1-3H3. The zero-order valence-electron chi connectivity index (χ0n) is 12.6. The van der Waals surface area contributed by atoms with Gasteiger partial charge in [-0.15, -0.1) is 0 Å². The van der Waals surface area contributed by atoms with Gasteiger partial charge >= 0.3 is 6.09 Å². The van der Waals surface area contributed by atoms with Crippen LogP contribution >= 0.6 is 0 Å². The van der Waals surface area contributed by atoms with Crippen molar-refractivity contribution < 1.29 is 9.53 Å². The highest BCUT2D eigenvalue weighted by atomic mass is 16.6. The zero-order chi connectivity index (χ0) is 14.3. The van der Waals surface area contributed by atoms with Crippen LogP contribution in [0.1, 0.15) is 63.8 Å². The SMILES string of the molecule is CC(C)(C)OC(=O)N1Cc2cn(C3CCCC3)nc2C1. The molecule has 1 aliphatic heterocycles. The summed E-state index contributed by atoms with van der Waals surface area (Å²) in [7, 11) is 0. The highest BCUT2D eigenvalue weighted by Crippen LogP contribution is 2.31. The molecule has 0 saturated heterocycles. The van der Waals surface area contributed by atoms with E-state index < -0.39 is 5.60 Å². The Hall–Kier alpha value is -1.52. The van der Waals surface area contributed by atoms with Crippen molar-refractivity contribution in [1.29, 1.82) is 0 Å². The van der Waals surface area contributed by atoms with Crippen LogP contribution < -0.4 is 0 Å². The number of fused-ring (bicyclic) bond motifs is 1. The second-order valence-corrected chi connectivity index (χ2v) is 6.86. The van der Waals surface area contributed by atoms with Crippen LogP contribution in [0, 0.1) is 0 Å². The van der Waals surface area contributed by atoms with Gasteiger partial charge in [0.2, 0.25) is 0 Å². The Bertz CT molecular complexity index is 486. The third kappa shape index (κ3) is 2.67. The summed E-state index contributed by atoms with van der Waals surface area (Å²) in [5.41, 5.74) is 1.76. The molecule has 0 aromatic carbocycles. The van der Waals surface area contributed by atoms with Gasteiger partial charge in [0, 0.05) is 11.8 Å². The molecule has 1 amide bonds. The van der Waals surface area contributed by atoms with Crippen molar-refractivity contribution >= 4 is 6.09 Å². The highest BCUT2D eigenvalue weighted by Gasteiger charge is 2.31. The molecule has 0 radical (unpaired) electrons. The Morgan fingerprint density at radius 3 is 2.60 bits per heavy atom. The summed E-state index contributed by atoms with van der Waals surface area (Å²) >= 11 is 0. The topological polar surface area (TPSA) is 47.4 Å². The van der Waals surface area contributed by atoms with Gasteiger partial charge < -0.3 is 4.74 Å². The molecule has 3 rings (SSSR count). The normalized spacial score (nSPS) is 19.4. The predicted octanol–water partition coefficient (Wildman–Crippen LogP) is 3.25. The summed E-state index contributed by atoms with van der Waals surface area (Å²) < 4.78 is 7.52. The van der Waals surface area contributed by atoms with E-state index in [0.29, 0.717) is 19.1 Å². The fraction of sp³-hybridized carbons (Fsp3) is 0.733. The van der Waals surface area contributed by atoms with E-state index in [1.54, 1.807) is 4.90 Å². The number of hydrogen-bond acceptors (Lipinski definition) is 3. The van der Waals surface area contributed by atoms with Crippen LogP contribution in [0.2, 0.25) is 0 Å². The Kier molecular flexibility index (Phi) is 3.22. The average Bonchev–Trinajstić information content (AvgIpc) is 3.01. The lowest BCUT2D eigenvalue weighted by Gasteiger charge is -2.24. The molecular weight excluding hydrogens is 254 g/mol. The number of carbonyl (C=O) groups excluding carboxylic acids is 1. The Labute approximate surface area is 119 Å². The van der Waals surface area contributed by atoms with Gasteiger partial charge in [-0.2, -0.15) is 5.10 Å².